The average molecular weight is 636 g/mol. The summed E-state index contributed by atoms with van der Waals surface area (Å²) in [6.07, 6.45) is -0.300. The van der Waals surface area contributed by atoms with Crippen LogP contribution in [0.4, 0.5) is 26.3 Å². The molecule has 44 heavy (non-hydrogen) atoms. The highest BCUT2D eigenvalue weighted by Gasteiger charge is 2.47. The molecule has 0 fully saturated rings. The highest BCUT2D eigenvalue weighted by Crippen LogP contribution is 2.47. The van der Waals surface area contributed by atoms with E-state index in [-0.39, 0.29) is 30.0 Å². The Morgan fingerprint density at radius 3 is 2.30 bits per heavy atom. The van der Waals surface area contributed by atoms with Crippen LogP contribution in [0.15, 0.2) is 33.2 Å². The molecule has 1 aromatic rings. The second-order valence-corrected chi connectivity index (χ2v) is 11.4. The van der Waals surface area contributed by atoms with E-state index in [0.717, 1.165) is 50.9 Å². The number of hydrogen-bond acceptors (Lipinski definition) is 5. The molecule has 2 rings (SSSR count). The number of aromatic amines is 1. The van der Waals surface area contributed by atoms with Crippen molar-refractivity contribution in [3.63, 3.8) is 0 Å². The number of fused-ring (bicyclic) bond motifs is 1. The minimum Gasteiger partial charge on any atom is -0.343 e. The van der Waals surface area contributed by atoms with Crippen molar-refractivity contribution in [2.75, 3.05) is 19.6 Å². The fourth-order valence-corrected chi connectivity index (χ4v) is 5.01. The molecule has 0 aliphatic heterocycles. The predicted octanol–water partition coefficient (Wildman–Crippen LogP) is 7.70. The third-order valence-electron chi connectivity index (χ3n) is 7.20. The predicted molar refractivity (Wildman–Crippen MR) is 161 cm³/mol. The molecule has 1 unspecified atom stereocenters. The number of unbranched alkanes of at least 4 members (excludes halogenated alkanes) is 2. The van der Waals surface area contributed by atoms with Crippen LogP contribution in [0.3, 0.4) is 0 Å². The van der Waals surface area contributed by atoms with Crippen molar-refractivity contribution >= 4 is 12.1 Å². The Morgan fingerprint density at radius 2 is 1.77 bits per heavy atom. The van der Waals surface area contributed by atoms with E-state index in [9.17, 15) is 35.9 Å². The van der Waals surface area contributed by atoms with Gasteiger partial charge in [0.25, 0.3) is 5.56 Å². The molecular formula is C31H47F6N5O2. The van der Waals surface area contributed by atoms with Gasteiger partial charge in [0.2, 0.25) is 5.91 Å². The van der Waals surface area contributed by atoms with Gasteiger partial charge >= 0.3 is 12.4 Å². The Bertz CT molecular complexity index is 1220. The Kier molecular flexibility index (Phi) is 15.5. The van der Waals surface area contributed by atoms with Gasteiger partial charge in [0, 0.05) is 38.0 Å². The summed E-state index contributed by atoms with van der Waals surface area (Å²) in [5.74, 6) is 0.0434. The van der Waals surface area contributed by atoms with Gasteiger partial charge in [0.1, 0.15) is 5.56 Å². The lowest BCUT2D eigenvalue weighted by Crippen LogP contribution is -2.37. The van der Waals surface area contributed by atoms with Crippen LogP contribution in [0.5, 0.6) is 0 Å². The zero-order valence-corrected chi connectivity index (χ0v) is 26.8. The number of nitrogens with zero attached hydrogens (tertiary/aromatic N) is 3. The molecule has 0 aromatic carbocycles. The molecule has 1 aliphatic carbocycles. The number of hydrogen-bond donors (Lipinski definition) is 2. The molecule has 13 heteroatoms. The van der Waals surface area contributed by atoms with E-state index >= 15 is 0 Å². The Hall–Kier alpha value is -2.96. The van der Waals surface area contributed by atoms with Crippen LogP contribution >= 0.6 is 0 Å². The molecule has 0 saturated heterocycles. The molecule has 2 N–H and O–H groups in total. The van der Waals surface area contributed by atoms with Crippen LogP contribution in [0.1, 0.15) is 110 Å². The third-order valence-corrected chi connectivity index (χ3v) is 7.20. The summed E-state index contributed by atoms with van der Waals surface area (Å²) in [5.41, 5.74) is -2.90. The van der Waals surface area contributed by atoms with Crippen molar-refractivity contribution in [1.29, 1.82) is 0 Å². The third kappa shape index (κ3) is 11.9. The fourth-order valence-electron chi connectivity index (χ4n) is 5.01. The first-order chi connectivity index (χ1) is 20.4. The van der Waals surface area contributed by atoms with Gasteiger partial charge in [0.05, 0.1) is 17.3 Å². The minimum atomic E-state index is -4.74. The maximum atomic E-state index is 13.4. The van der Waals surface area contributed by atoms with Crippen molar-refractivity contribution in [2.45, 2.75) is 112 Å². The summed E-state index contributed by atoms with van der Waals surface area (Å²) in [5, 5.41) is 9.15. The van der Waals surface area contributed by atoms with E-state index in [4.69, 9.17) is 0 Å². The summed E-state index contributed by atoms with van der Waals surface area (Å²) in [7, 11) is 0. The van der Waals surface area contributed by atoms with E-state index in [0.29, 0.717) is 18.8 Å². The largest absolute Gasteiger partial charge is 0.422 e. The van der Waals surface area contributed by atoms with Crippen molar-refractivity contribution in [3.8, 4) is 0 Å². The molecule has 1 amide bonds. The topological polar surface area (TPSA) is 90.5 Å². The second kappa shape index (κ2) is 17.5. The number of nitrogens with one attached hydrogen (secondary N) is 2. The van der Waals surface area contributed by atoms with Gasteiger partial charge in [-0.15, -0.1) is 0 Å². The van der Waals surface area contributed by atoms with Crippen molar-refractivity contribution in [2.24, 2.45) is 10.4 Å². The van der Waals surface area contributed by atoms with Crippen molar-refractivity contribution < 1.29 is 31.1 Å². The lowest BCUT2D eigenvalue weighted by molar-refractivity contribution is -0.139. The second-order valence-electron chi connectivity index (χ2n) is 11.4. The van der Waals surface area contributed by atoms with Crippen LogP contribution in [-0.4, -0.2) is 53.0 Å². The maximum absolute atomic E-state index is 13.4. The zero-order valence-electron chi connectivity index (χ0n) is 26.8. The first-order valence-corrected chi connectivity index (χ1v) is 15.1. The summed E-state index contributed by atoms with van der Waals surface area (Å²) in [6, 6.07) is -0.474. The molecule has 1 heterocycles. The van der Waals surface area contributed by atoms with Crippen LogP contribution in [-0.2, 0) is 17.4 Å². The summed E-state index contributed by atoms with van der Waals surface area (Å²) < 4.78 is 76.8. The first-order valence-electron chi connectivity index (χ1n) is 15.1. The molecule has 0 radical (unpaired) electrons. The Morgan fingerprint density at radius 1 is 1.11 bits per heavy atom. The number of aliphatic imine (C=N–C) groups is 1. The van der Waals surface area contributed by atoms with E-state index < -0.39 is 40.5 Å². The molecule has 7 nitrogen and oxygen atoms in total. The lowest BCUT2D eigenvalue weighted by Gasteiger charge is -2.28. The molecule has 0 saturated carbocycles. The maximum Gasteiger partial charge on any atom is 0.422 e. The summed E-state index contributed by atoms with van der Waals surface area (Å²) >= 11 is 0. The summed E-state index contributed by atoms with van der Waals surface area (Å²) in [6.45, 7) is 14.5. The van der Waals surface area contributed by atoms with Crippen molar-refractivity contribution in [1.82, 2.24) is 20.4 Å². The number of amides is 1. The molecule has 250 valence electrons. The SMILES string of the molecule is CCCCCN(CCC)C(=O)CCNC1c2n[nH]c(=O)c(C(F)(F)F)c2CC1(C)C.C\C=C(/C=N/C(C)=C/CC)C(F)(F)F. The average Bonchev–Trinajstić information content (AvgIpc) is 3.16. The number of alkyl halides is 6. The van der Waals surface area contributed by atoms with Gasteiger partial charge < -0.3 is 10.2 Å². The number of H-pyrrole nitrogens is 1. The standard InChI is InChI=1S/C21H33F3N4O2.C10H14F3N/c1-5-7-8-12-28(11-6-2)15(29)9-10-25-18-17-14(13-20(18,3)4)16(21(22,23)24)19(30)27-26-17;1-4-6-8(3)14-7-9(5-2)10(11,12)13/h18,25H,5-13H2,1-4H3,(H,27,30);5-7H,4H2,1-3H3/b;8-6+,9-5+,14-7+. The van der Waals surface area contributed by atoms with Crippen LogP contribution < -0.4 is 10.9 Å². The van der Waals surface area contributed by atoms with Gasteiger partial charge in [-0.1, -0.05) is 59.6 Å². The quantitative estimate of drug-likeness (QED) is 0.132. The number of allylic oxidation sites excluding steroid dienone is 4. The highest BCUT2D eigenvalue weighted by atomic mass is 19.4. The summed E-state index contributed by atoms with van der Waals surface area (Å²) in [4.78, 5) is 30.0. The Balaban J connectivity index is 0.000000582. The van der Waals surface area contributed by atoms with Crippen LogP contribution in [0.2, 0.25) is 0 Å². The van der Waals surface area contributed by atoms with Gasteiger partial charge in [-0.25, -0.2) is 5.10 Å². The monoisotopic (exact) mass is 635 g/mol. The first kappa shape index (κ1) is 39.1. The van der Waals surface area contributed by atoms with E-state index in [2.05, 4.69) is 22.3 Å². The molecular weight excluding hydrogens is 588 g/mol. The number of carbonyl (C=O) groups is 1. The molecule has 0 spiro atoms. The van der Waals surface area contributed by atoms with Crippen molar-refractivity contribution in [3.05, 3.63) is 50.6 Å². The number of aromatic nitrogens is 2. The van der Waals surface area contributed by atoms with E-state index in [1.165, 1.54) is 6.92 Å². The molecule has 1 aromatic heterocycles. The number of carbonyl (C=O) groups excluding carboxylic acids is 1. The highest BCUT2D eigenvalue weighted by molar-refractivity contribution is 5.80. The van der Waals surface area contributed by atoms with Gasteiger partial charge in [-0.3, -0.25) is 14.6 Å². The van der Waals surface area contributed by atoms with Gasteiger partial charge in [0.15, 0.2) is 0 Å². The van der Waals surface area contributed by atoms with E-state index in [1.807, 2.05) is 37.7 Å². The van der Waals surface area contributed by atoms with Gasteiger partial charge in [-0.2, -0.15) is 31.4 Å². The number of halogens is 6. The molecule has 0 bridgehead atoms. The fraction of sp³-hybridized carbons (Fsp3) is 0.677. The normalized spacial score (nSPS) is 17.0. The van der Waals surface area contributed by atoms with Crippen LogP contribution in [0, 0.1) is 5.41 Å². The zero-order chi connectivity index (χ0) is 33.7. The molecule has 1 atom stereocenters. The number of rotatable bonds is 13. The Labute approximate surface area is 256 Å². The van der Waals surface area contributed by atoms with Crippen LogP contribution in [0.25, 0.3) is 0 Å². The lowest BCUT2D eigenvalue weighted by atomic mass is 9.85. The molecule has 1 aliphatic rings. The van der Waals surface area contributed by atoms with Gasteiger partial charge in [-0.05, 0) is 50.5 Å². The smallest absolute Gasteiger partial charge is 0.343 e. The minimum absolute atomic E-state index is 0.0434. The van der Waals surface area contributed by atoms with E-state index in [1.54, 1.807) is 13.0 Å².